The third kappa shape index (κ3) is 3.84. The normalized spacial score (nSPS) is 12.6. The molecule has 0 bridgehead atoms. The van der Waals surface area contributed by atoms with Gasteiger partial charge in [-0.3, -0.25) is 4.79 Å². The van der Waals surface area contributed by atoms with E-state index in [0.717, 1.165) is 29.7 Å². The second-order valence-corrected chi connectivity index (χ2v) is 6.62. The lowest BCUT2D eigenvalue weighted by Crippen LogP contribution is -2.32. The molecule has 0 saturated heterocycles. The van der Waals surface area contributed by atoms with Crippen molar-refractivity contribution in [3.63, 3.8) is 0 Å². The Morgan fingerprint density at radius 1 is 1.21 bits per heavy atom. The van der Waals surface area contributed by atoms with Gasteiger partial charge in [0.05, 0.1) is 11.6 Å². The van der Waals surface area contributed by atoms with Crippen LogP contribution in [0.5, 0.6) is 0 Å². The van der Waals surface area contributed by atoms with Gasteiger partial charge in [0.2, 0.25) is 11.9 Å². The summed E-state index contributed by atoms with van der Waals surface area (Å²) in [4.78, 5) is 26.9. The van der Waals surface area contributed by atoms with Crippen LogP contribution < -0.4 is 15.5 Å². The summed E-state index contributed by atoms with van der Waals surface area (Å²) in [5.41, 5.74) is 4.21. The number of hydrogen-bond donors (Lipinski definition) is 2. The average molecular weight is 385 g/mol. The molecule has 0 radical (unpaired) electrons. The number of nitriles is 1. The zero-order valence-corrected chi connectivity index (χ0v) is 15.9. The molecule has 1 aromatic heterocycles. The van der Waals surface area contributed by atoms with Crippen molar-refractivity contribution in [2.75, 3.05) is 23.8 Å². The van der Waals surface area contributed by atoms with E-state index in [0.29, 0.717) is 29.7 Å². The van der Waals surface area contributed by atoms with Crippen molar-refractivity contribution < 1.29 is 4.79 Å². The number of hydrogen-bond acceptors (Lipinski definition) is 7. The monoisotopic (exact) mass is 385 g/mol. The zero-order chi connectivity index (χ0) is 20.2. The third-order valence-electron chi connectivity index (χ3n) is 4.84. The molecule has 2 heterocycles. The lowest BCUT2D eigenvalue weighted by molar-refractivity contribution is 0.0963. The van der Waals surface area contributed by atoms with Gasteiger partial charge in [-0.05, 0) is 41.8 Å². The van der Waals surface area contributed by atoms with Crippen LogP contribution in [0.25, 0.3) is 0 Å². The van der Waals surface area contributed by atoms with Crippen LogP contribution in [0.3, 0.4) is 0 Å². The minimum Gasteiger partial charge on any atom is -0.355 e. The van der Waals surface area contributed by atoms with Crippen LogP contribution in [0, 0.1) is 11.3 Å². The number of fused-ring (bicyclic) bond motifs is 1. The lowest BCUT2D eigenvalue weighted by Gasteiger charge is -2.29. The maximum absolute atomic E-state index is 11.8. The first-order valence-electron chi connectivity index (χ1n) is 9.22. The molecular formula is C21H19N7O. The summed E-state index contributed by atoms with van der Waals surface area (Å²) in [5.74, 6) is 0.812. The third-order valence-corrected chi connectivity index (χ3v) is 4.84. The number of benzene rings is 2. The maximum Gasteiger partial charge on any atom is 0.251 e. The second-order valence-electron chi connectivity index (χ2n) is 6.62. The Morgan fingerprint density at radius 3 is 2.90 bits per heavy atom. The minimum absolute atomic E-state index is 0.159. The van der Waals surface area contributed by atoms with Crippen molar-refractivity contribution in [3.05, 3.63) is 71.0 Å². The van der Waals surface area contributed by atoms with Crippen molar-refractivity contribution in [3.8, 4) is 6.07 Å². The molecular weight excluding hydrogens is 366 g/mol. The molecule has 1 amide bonds. The van der Waals surface area contributed by atoms with E-state index >= 15 is 0 Å². The van der Waals surface area contributed by atoms with Gasteiger partial charge in [-0.1, -0.05) is 18.2 Å². The summed E-state index contributed by atoms with van der Waals surface area (Å²) >= 11 is 0. The van der Waals surface area contributed by atoms with Gasteiger partial charge in [0.25, 0.3) is 5.91 Å². The van der Waals surface area contributed by atoms with Crippen LogP contribution in [0.4, 0.5) is 17.6 Å². The van der Waals surface area contributed by atoms with Gasteiger partial charge < -0.3 is 15.5 Å². The first kappa shape index (κ1) is 18.4. The second kappa shape index (κ2) is 7.94. The van der Waals surface area contributed by atoms with Crippen LogP contribution in [-0.2, 0) is 13.0 Å². The summed E-state index contributed by atoms with van der Waals surface area (Å²) in [7, 11) is 1.59. The fourth-order valence-electron chi connectivity index (χ4n) is 3.40. The number of anilines is 3. The molecule has 1 aliphatic heterocycles. The van der Waals surface area contributed by atoms with E-state index < -0.39 is 0 Å². The van der Waals surface area contributed by atoms with Crippen molar-refractivity contribution in [1.82, 2.24) is 20.3 Å². The number of carbonyl (C=O) groups is 1. The van der Waals surface area contributed by atoms with Crippen LogP contribution in [0.2, 0.25) is 0 Å². The van der Waals surface area contributed by atoms with Crippen molar-refractivity contribution in [2.45, 2.75) is 13.0 Å². The van der Waals surface area contributed by atoms with Crippen molar-refractivity contribution in [1.29, 1.82) is 5.26 Å². The number of carbonyl (C=O) groups excluding carboxylic acids is 1. The molecule has 0 fully saturated rings. The smallest absolute Gasteiger partial charge is 0.251 e. The highest BCUT2D eigenvalue weighted by Crippen LogP contribution is 2.25. The van der Waals surface area contributed by atoms with Crippen LogP contribution in [-0.4, -0.2) is 34.5 Å². The van der Waals surface area contributed by atoms with E-state index in [1.807, 2.05) is 24.3 Å². The largest absolute Gasteiger partial charge is 0.355 e. The molecule has 0 unspecified atom stereocenters. The molecule has 0 atom stereocenters. The molecule has 0 saturated carbocycles. The topological polar surface area (TPSA) is 107 Å². The summed E-state index contributed by atoms with van der Waals surface area (Å²) in [5, 5.41) is 15.0. The van der Waals surface area contributed by atoms with Gasteiger partial charge in [-0.2, -0.15) is 10.2 Å². The number of nitrogens with one attached hydrogen (secondary N) is 2. The van der Waals surface area contributed by atoms with Crippen LogP contribution in [0.15, 0.2) is 48.8 Å². The number of rotatable bonds is 4. The van der Waals surface area contributed by atoms with E-state index in [1.165, 1.54) is 6.33 Å². The summed E-state index contributed by atoms with van der Waals surface area (Å²) in [6, 6.07) is 15.2. The fourth-order valence-corrected chi connectivity index (χ4v) is 3.40. The predicted octanol–water partition coefficient (Wildman–Crippen LogP) is 2.41. The Morgan fingerprint density at radius 2 is 2.07 bits per heavy atom. The Bertz CT molecular complexity index is 1110. The lowest BCUT2D eigenvalue weighted by atomic mass is 9.95. The molecule has 8 nitrogen and oxygen atoms in total. The van der Waals surface area contributed by atoms with Gasteiger partial charge in [0.1, 0.15) is 6.33 Å². The van der Waals surface area contributed by atoms with Gasteiger partial charge in [-0.15, -0.1) is 0 Å². The van der Waals surface area contributed by atoms with E-state index in [4.69, 9.17) is 0 Å². The zero-order valence-electron chi connectivity index (χ0n) is 15.9. The molecule has 3 aromatic rings. The molecule has 0 spiro atoms. The van der Waals surface area contributed by atoms with Crippen LogP contribution in [0.1, 0.15) is 27.0 Å². The summed E-state index contributed by atoms with van der Waals surface area (Å²) < 4.78 is 0. The summed E-state index contributed by atoms with van der Waals surface area (Å²) in [6.07, 6.45) is 2.23. The highest BCUT2D eigenvalue weighted by atomic mass is 16.1. The average Bonchev–Trinajstić information content (AvgIpc) is 2.78. The van der Waals surface area contributed by atoms with E-state index in [2.05, 4.69) is 36.6 Å². The molecule has 144 valence electrons. The fraction of sp³-hybridized carbons (Fsp3) is 0.190. The van der Waals surface area contributed by atoms with Crippen molar-refractivity contribution >= 4 is 23.5 Å². The Labute approximate surface area is 168 Å². The number of aromatic nitrogens is 3. The molecule has 8 heteroatoms. The Hall–Kier alpha value is -3.99. The van der Waals surface area contributed by atoms with Crippen LogP contribution >= 0.6 is 0 Å². The standard InChI is InChI=1S/C21H19N7O/c1-23-19(29)14-4-3-7-17(10-14)26-20-24-13-25-21(27-20)28-9-8-18-15(11-22)5-2-6-16(18)12-28/h2-7,10,13H,8-9,12H2,1H3,(H,23,29)(H,24,25,26,27). The van der Waals surface area contributed by atoms with E-state index in [1.54, 1.807) is 25.2 Å². The number of nitrogens with zero attached hydrogens (tertiary/aromatic N) is 5. The SMILES string of the molecule is CNC(=O)c1cccc(Nc2ncnc(N3CCc4c(C#N)cccc4C3)n2)c1. The Kier molecular flexibility index (Phi) is 5.03. The minimum atomic E-state index is -0.159. The van der Waals surface area contributed by atoms with Gasteiger partial charge in [0, 0.05) is 31.4 Å². The number of amides is 1. The van der Waals surface area contributed by atoms with E-state index in [9.17, 15) is 10.1 Å². The molecule has 0 aliphatic carbocycles. The van der Waals surface area contributed by atoms with E-state index in [-0.39, 0.29) is 5.91 Å². The molecule has 29 heavy (non-hydrogen) atoms. The Balaban J connectivity index is 1.54. The first-order valence-corrected chi connectivity index (χ1v) is 9.22. The molecule has 2 aromatic carbocycles. The highest BCUT2D eigenvalue weighted by Gasteiger charge is 2.21. The quantitative estimate of drug-likeness (QED) is 0.710. The molecule has 4 rings (SSSR count). The maximum atomic E-state index is 11.8. The highest BCUT2D eigenvalue weighted by molar-refractivity contribution is 5.95. The van der Waals surface area contributed by atoms with Gasteiger partial charge >= 0.3 is 0 Å². The summed E-state index contributed by atoms with van der Waals surface area (Å²) in [6.45, 7) is 1.36. The molecule has 1 aliphatic rings. The molecule has 2 N–H and O–H groups in total. The first-order chi connectivity index (χ1) is 14.2. The van der Waals surface area contributed by atoms with Gasteiger partial charge in [0.15, 0.2) is 0 Å². The van der Waals surface area contributed by atoms with Crippen molar-refractivity contribution in [2.24, 2.45) is 0 Å². The predicted molar refractivity (Wildman–Crippen MR) is 109 cm³/mol. The van der Waals surface area contributed by atoms with Gasteiger partial charge in [-0.25, -0.2) is 9.97 Å².